The second-order valence-electron chi connectivity index (χ2n) is 6.99. The van der Waals surface area contributed by atoms with Crippen LogP contribution >= 0.6 is 0 Å². The van der Waals surface area contributed by atoms with Crippen LogP contribution in [0.4, 0.5) is 0 Å². The monoisotopic (exact) mass is 356 g/mol. The van der Waals surface area contributed by atoms with Crippen LogP contribution in [0.15, 0.2) is 15.4 Å². The van der Waals surface area contributed by atoms with Crippen LogP contribution < -0.4 is 4.72 Å². The molecule has 0 radical (unpaired) electrons. The van der Waals surface area contributed by atoms with Gasteiger partial charge in [-0.25, -0.2) is 13.1 Å². The van der Waals surface area contributed by atoms with Gasteiger partial charge < -0.3 is 9.52 Å². The average molecular weight is 356 g/mol. The van der Waals surface area contributed by atoms with E-state index in [-0.39, 0.29) is 23.5 Å². The van der Waals surface area contributed by atoms with E-state index in [1.54, 1.807) is 13.8 Å². The van der Waals surface area contributed by atoms with E-state index in [1.807, 2.05) is 4.90 Å². The predicted octanol–water partition coefficient (Wildman–Crippen LogP) is 1.50. The minimum Gasteiger partial charge on any atom is -0.480 e. The molecule has 24 heavy (non-hydrogen) atoms. The van der Waals surface area contributed by atoms with Crippen LogP contribution in [0.25, 0.3) is 0 Å². The third-order valence-corrected chi connectivity index (χ3v) is 6.39. The number of carbonyl (C=O) groups is 1. The lowest BCUT2D eigenvalue weighted by molar-refractivity contribution is -0.139. The van der Waals surface area contributed by atoms with Crippen LogP contribution in [0.1, 0.15) is 37.2 Å². The molecule has 0 saturated heterocycles. The molecule has 0 spiro atoms. The smallest absolute Gasteiger partial charge is 0.317 e. The lowest BCUT2D eigenvalue weighted by atomic mass is 9.86. The van der Waals surface area contributed by atoms with Crippen LogP contribution in [0.3, 0.4) is 0 Å². The Morgan fingerprint density at radius 2 is 2.04 bits per heavy atom. The molecule has 1 aromatic heterocycles. The van der Waals surface area contributed by atoms with Gasteiger partial charge in [-0.1, -0.05) is 0 Å². The molecular formula is C16H24N2O5S. The molecule has 0 unspecified atom stereocenters. The summed E-state index contributed by atoms with van der Waals surface area (Å²) < 4.78 is 32.9. The molecule has 2 fully saturated rings. The highest BCUT2D eigenvalue weighted by atomic mass is 32.2. The van der Waals surface area contributed by atoms with Gasteiger partial charge in [-0.2, -0.15) is 0 Å². The predicted molar refractivity (Wildman–Crippen MR) is 87.2 cm³/mol. The topological polar surface area (TPSA) is 99.9 Å². The zero-order valence-corrected chi connectivity index (χ0v) is 14.8. The molecule has 0 aromatic carbocycles. The van der Waals surface area contributed by atoms with Crippen molar-refractivity contribution in [3.05, 3.63) is 17.6 Å². The maximum atomic E-state index is 12.4. The van der Waals surface area contributed by atoms with Crippen molar-refractivity contribution in [2.24, 2.45) is 5.92 Å². The minimum atomic E-state index is -3.59. The number of aryl methyl sites for hydroxylation is 2. The zero-order valence-electron chi connectivity index (χ0n) is 14.0. The van der Waals surface area contributed by atoms with E-state index < -0.39 is 16.0 Å². The van der Waals surface area contributed by atoms with Gasteiger partial charge in [-0.15, -0.1) is 0 Å². The molecule has 0 bridgehead atoms. The molecule has 8 heteroatoms. The number of nitrogens with zero attached hydrogens (tertiary/aromatic N) is 1. The summed E-state index contributed by atoms with van der Waals surface area (Å²) in [4.78, 5) is 13.2. The van der Waals surface area contributed by atoms with Crippen molar-refractivity contribution in [3.8, 4) is 0 Å². The maximum absolute atomic E-state index is 12.4. The second kappa shape index (κ2) is 6.50. The Bertz CT molecular complexity index is 717. The maximum Gasteiger partial charge on any atom is 0.317 e. The van der Waals surface area contributed by atoms with E-state index in [2.05, 4.69) is 4.72 Å². The van der Waals surface area contributed by atoms with Crippen molar-refractivity contribution in [2.75, 3.05) is 13.1 Å². The molecule has 2 N–H and O–H groups in total. The third kappa shape index (κ3) is 3.99. The van der Waals surface area contributed by atoms with Gasteiger partial charge in [0.25, 0.3) is 0 Å². The molecule has 2 aliphatic rings. The lowest BCUT2D eigenvalue weighted by Crippen LogP contribution is -2.55. The van der Waals surface area contributed by atoms with E-state index in [4.69, 9.17) is 9.52 Å². The highest BCUT2D eigenvalue weighted by Crippen LogP contribution is 2.34. The summed E-state index contributed by atoms with van der Waals surface area (Å²) >= 11 is 0. The number of hydrogen-bond acceptors (Lipinski definition) is 5. The van der Waals surface area contributed by atoms with Crippen LogP contribution in [0.5, 0.6) is 0 Å². The van der Waals surface area contributed by atoms with E-state index in [9.17, 15) is 13.2 Å². The highest BCUT2D eigenvalue weighted by Gasteiger charge is 2.39. The summed E-state index contributed by atoms with van der Waals surface area (Å²) in [7, 11) is -3.59. The lowest BCUT2D eigenvalue weighted by Gasteiger charge is -2.42. The fourth-order valence-electron chi connectivity index (χ4n) is 3.29. The first-order valence-electron chi connectivity index (χ1n) is 8.30. The van der Waals surface area contributed by atoms with Gasteiger partial charge in [0, 0.05) is 18.6 Å². The SMILES string of the molecule is Cc1cc(S(=O)(=O)NC2CC(N(CC(=O)O)CC3CC3)C2)c(C)o1. The first-order chi connectivity index (χ1) is 11.2. The van der Waals surface area contributed by atoms with Crippen molar-refractivity contribution < 1.29 is 22.7 Å². The quantitative estimate of drug-likeness (QED) is 0.732. The van der Waals surface area contributed by atoms with Crippen LogP contribution in [-0.4, -0.2) is 49.6 Å². The molecule has 0 aliphatic heterocycles. The van der Waals surface area contributed by atoms with Crippen LogP contribution in [-0.2, 0) is 14.8 Å². The molecule has 1 heterocycles. The Morgan fingerprint density at radius 1 is 1.38 bits per heavy atom. The average Bonchev–Trinajstić information content (AvgIpc) is 3.15. The highest BCUT2D eigenvalue weighted by molar-refractivity contribution is 7.89. The Hall–Kier alpha value is -1.38. The fraction of sp³-hybridized carbons (Fsp3) is 0.688. The van der Waals surface area contributed by atoms with Gasteiger partial charge >= 0.3 is 5.97 Å². The third-order valence-electron chi connectivity index (χ3n) is 4.76. The summed E-state index contributed by atoms with van der Waals surface area (Å²) in [6.07, 6.45) is 3.63. The molecule has 0 amide bonds. The molecule has 0 atom stereocenters. The normalized spacial score (nSPS) is 24.1. The number of furan rings is 1. The molecule has 7 nitrogen and oxygen atoms in total. The largest absolute Gasteiger partial charge is 0.480 e. The summed E-state index contributed by atoms with van der Waals surface area (Å²) in [6.45, 7) is 4.18. The summed E-state index contributed by atoms with van der Waals surface area (Å²) in [6, 6.07) is 1.52. The molecule has 3 rings (SSSR count). The van der Waals surface area contributed by atoms with Crippen molar-refractivity contribution >= 4 is 16.0 Å². The summed E-state index contributed by atoms with van der Waals surface area (Å²) in [5.41, 5.74) is 0. The van der Waals surface area contributed by atoms with E-state index in [0.717, 1.165) is 19.4 Å². The summed E-state index contributed by atoms with van der Waals surface area (Å²) in [5.74, 6) is 0.731. The van der Waals surface area contributed by atoms with Gasteiger partial charge in [-0.05, 0) is 51.5 Å². The van der Waals surface area contributed by atoms with Crippen LogP contribution in [0.2, 0.25) is 0 Å². The van der Waals surface area contributed by atoms with Crippen LogP contribution in [0, 0.1) is 19.8 Å². The number of hydrogen-bond donors (Lipinski definition) is 2. The van der Waals surface area contributed by atoms with Gasteiger partial charge in [0.1, 0.15) is 16.4 Å². The Balaban J connectivity index is 1.57. The Kier molecular flexibility index (Phi) is 4.72. The van der Waals surface area contributed by atoms with Gasteiger partial charge in [-0.3, -0.25) is 9.69 Å². The molecule has 134 valence electrons. The molecule has 2 aliphatic carbocycles. The van der Waals surface area contributed by atoms with Crippen molar-refractivity contribution in [1.82, 2.24) is 9.62 Å². The van der Waals surface area contributed by atoms with Crippen molar-refractivity contribution in [3.63, 3.8) is 0 Å². The summed E-state index contributed by atoms with van der Waals surface area (Å²) in [5, 5.41) is 9.06. The molecule has 1 aromatic rings. The van der Waals surface area contributed by atoms with Gasteiger partial charge in [0.05, 0.1) is 6.54 Å². The molecular weight excluding hydrogens is 332 g/mol. The standard InChI is InChI=1S/C16H24N2O5S/c1-10-5-15(11(2)23-10)24(21,22)17-13-6-14(7-13)18(9-16(19)20)8-12-3-4-12/h5,12-14,17H,3-4,6-9H2,1-2H3,(H,19,20). The van der Waals surface area contributed by atoms with E-state index in [0.29, 0.717) is 30.3 Å². The number of aliphatic carboxylic acids is 1. The van der Waals surface area contributed by atoms with E-state index >= 15 is 0 Å². The molecule has 2 saturated carbocycles. The second-order valence-corrected chi connectivity index (χ2v) is 8.67. The van der Waals surface area contributed by atoms with Crippen molar-refractivity contribution in [2.45, 2.75) is 56.5 Å². The van der Waals surface area contributed by atoms with E-state index in [1.165, 1.54) is 6.07 Å². The first kappa shape index (κ1) is 17.4. The first-order valence-corrected chi connectivity index (χ1v) is 9.78. The van der Waals surface area contributed by atoms with Gasteiger partial charge in [0.2, 0.25) is 10.0 Å². The number of nitrogens with one attached hydrogen (secondary N) is 1. The zero-order chi connectivity index (χ0) is 17.5. The minimum absolute atomic E-state index is 0.0284. The number of carboxylic acids is 1. The Labute approximate surface area is 142 Å². The van der Waals surface area contributed by atoms with Crippen molar-refractivity contribution in [1.29, 1.82) is 0 Å². The number of sulfonamides is 1. The fourth-order valence-corrected chi connectivity index (χ4v) is 4.79. The Morgan fingerprint density at radius 3 is 2.54 bits per heavy atom. The number of rotatable bonds is 8. The number of carboxylic acid groups (broad SMARTS) is 1. The van der Waals surface area contributed by atoms with Gasteiger partial charge in [0.15, 0.2) is 0 Å².